The lowest BCUT2D eigenvalue weighted by Gasteiger charge is -2.40. The molecule has 1 aromatic heterocycles. The summed E-state index contributed by atoms with van der Waals surface area (Å²) < 4.78 is 7.25. The first kappa shape index (κ1) is 18.5. The van der Waals surface area contributed by atoms with Gasteiger partial charge in [0.15, 0.2) is 0 Å². The van der Waals surface area contributed by atoms with E-state index in [4.69, 9.17) is 4.74 Å². The van der Waals surface area contributed by atoms with Gasteiger partial charge in [-0.2, -0.15) is 5.10 Å². The van der Waals surface area contributed by atoms with Crippen LogP contribution in [-0.2, 0) is 4.74 Å². The van der Waals surface area contributed by atoms with Gasteiger partial charge < -0.3 is 15.0 Å². The number of likely N-dealkylation sites (tertiary alicyclic amines) is 1. The number of nitrogens with one attached hydrogen (secondary N) is 1. The van der Waals surface area contributed by atoms with Crippen LogP contribution < -0.4 is 5.32 Å². The van der Waals surface area contributed by atoms with Gasteiger partial charge in [0.25, 0.3) is 0 Å². The van der Waals surface area contributed by atoms with Gasteiger partial charge in [-0.05, 0) is 51.5 Å². The molecular weight excluding hydrogens is 328 g/mol. The Morgan fingerprint density at radius 3 is 2.77 bits per heavy atom. The second-order valence-electron chi connectivity index (χ2n) is 7.93. The molecule has 0 unspecified atom stereocenters. The third-order valence-corrected chi connectivity index (χ3v) is 4.46. The lowest BCUT2D eigenvalue weighted by Crippen LogP contribution is -2.54. The minimum absolute atomic E-state index is 0.214. The van der Waals surface area contributed by atoms with Crippen molar-refractivity contribution in [1.29, 1.82) is 0 Å². The number of aromatic nitrogens is 2. The topological polar surface area (TPSA) is 59.4 Å². The lowest BCUT2D eigenvalue weighted by atomic mass is 9.99. The number of benzene rings is 1. The van der Waals surface area contributed by atoms with Crippen molar-refractivity contribution in [3.63, 3.8) is 0 Å². The quantitative estimate of drug-likeness (QED) is 0.892. The molecule has 1 aliphatic heterocycles. The van der Waals surface area contributed by atoms with Crippen molar-refractivity contribution in [3.05, 3.63) is 48.3 Å². The van der Waals surface area contributed by atoms with Crippen LogP contribution in [0.5, 0.6) is 0 Å². The Morgan fingerprint density at radius 1 is 1.35 bits per heavy atom. The van der Waals surface area contributed by atoms with Crippen molar-refractivity contribution in [3.8, 4) is 5.69 Å². The van der Waals surface area contributed by atoms with E-state index in [1.165, 1.54) is 5.56 Å². The van der Waals surface area contributed by atoms with Gasteiger partial charge in [0.1, 0.15) is 5.60 Å². The van der Waals surface area contributed by atoms with Gasteiger partial charge in [-0.25, -0.2) is 9.48 Å². The fourth-order valence-corrected chi connectivity index (χ4v) is 2.99. The molecule has 1 N–H and O–H groups in total. The van der Waals surface area contributed by atoms with Gasteiger partial charge >= 0.3 is 6.09 Å². The fourth-order valence-electron chi connectivity index (χ4n) is 2.99. The van der Waals surface area contributed by atoms with Gasteiger partial charge in [0.05, 0.1) is 5.69 Å². The maximum atomic E-state index is 12.0. The largest absolute Gasteiger partial charge is 0.444 e. The highest BCUT2D eigenvalue weighted by Crippen LogP contribution is 2.21. The molecule has 2 aromatic rings. The maximum absolute atomic E-state index is 12.0. The van der Waals surface area contributed by atoms with Crippen LogP contribution in [0, 0.1) is 5.92 Å². The molecule has 1 atom stereocenters. The summed E-state index contributed by atoms with van der Waals surface area (Å²) >= 11 is 0. The molecule has 1 fully saturated rings. The molecule has 2 heterocycles. The third-order valence-electron chi connectivity index (χ3n) is 4.46. The summed E-state index contributed by atoms with van der Waals surface area (Å²) in [6.45, 7) is 10.2. The molecule has 140 valence electrons. The summed E-state index contributed by atoms with van der Waals surface area (Å²) in [5.74, 6) is 0.472. The Hall–Kier alpha value is -2.34. The van der Waals surface area contributed by atoms with Gasteiger partial charge in [-0.3, -0.25) is 0 Å². The van der Waals surface area contributed by atoms with Crippen LogP contribution in [0.3, 0.4) is 0 Å². The van der Waals surface area contributed by atoms with Gasteiger partial charge in [0.2, 0.25) is 0 Å². The summed E-state index contributed by atoms with van der Waals surface area (Å²) in [5.41, 5.74) is 1.84. The number of ether oxygens (including phenoxy) is 1. The van der Waals surface area contributed by atoms with Gasteiger partial charge in [0, 0.05) is 44.0 Å². The summed E-state index contributed by atoms with van der Waals surface area (Å²) in [4.78, 5) is 13.7. The first-order valence-electron chi connectivity index (χ1n) is 9.13. The Kier molecular flexibility index (Phi) is 5.32. The second-order valence-corrected chi connectivity index (χ2v) is 7.93. The van der Waals surface area contributed by atoms with Crippen LogP contribution in [0.25, 0.3) is 5.69 Å². The molecule has 0 bridgehead atoms. The van der Waals surface area contributed by atoms with Crippen LogP contribution in [0.15, 0.2) is 42.7 Å². The van der Waals surface area contributed by atoms with E-state index >= 15 is 0 Å². The molecule has 0 radical (unpaired) electrons. The molecular formula is C20H28N4O2. The first-order valence-corrected chi connectivity index (χ1v) is 9.13. The Morgan fingerprint density at radius 2 is 2.12 bits per heavy atom. The Balaban J connectivity index is 1.46. The third kappa shape index (κ3) is 4.64. The number of carbonyl (C=O) groups is 1. The van der Waals surface area contributed by atoms with E-state index in [0.717, 1.165) is 25.3 Å². The predicted octanol–water partition coefficient (Wildman–Crippen LogP) is 3.39. The normalized spacial score (nSPS) is 16.2. The van der Waals surface area contributed by atoms with Crippen molar-refractivity contribution < 1.29 is 9.53 Å². The zero-order chi connectivity index (χ0) is 18.7. The highest BCUT2D eigenvalue weighted by atomic mass is 16.6. The molecule has 0 aliphatic carbocycles. The van der Waals surface area contributed by atoms with Crippen LogP contribution >= 0.6 is 0 Å². The maximum Gasteiger partial charge on any atom is 0.410 e. The molecule has 0 spiro atoms. The number of nitrogens with zero attached hydrogens (tertiary/aromatic N) is 3. The lowest BCUT2D eigenvalue weighted by molar-refractivity contribution is -0.00102. The molecule has 6 heteroatoms. The number of amides is 1. The second kappa shape index (κ2) is 7.50. The van der Waals surface area contributed by atoms with E-state index in [2.05, 4.69) is 35.5 Å². The predicted molar refractivity (Wildman–Crippen MR) is 101 cm³/mol. The standard InChI is InChI=1S/C20H28N4O2/c1-15(17-7-5-8-18(11-17)24-10-6-9-22-24)21-12-16-13-23(14-16)19(25)26-20(2,3)4/h5-11,15-16,21H,12-14H2,1-4H3/t15-/m1/s1. The first-order chi connectivity index (χ1) is 12.3. The monoisotopic (exact) mass is 356 g/mol. The molecule has 26 heavy (non-hydrogen) atoms. The number of rotatable bonds is 5. The summed E-state index contributed by atoms with van der Waals surface area (Å²) in [5, 5.41) is 7.85. The SMILES string of the molecule is C[C@@H](NCC1CN(C(=O)OC(C)(C)C)C1)c1cccc(-n2cccn2)c1. The van der Waals surface area contributed by atoms with Crippen molar-refractivity contribution in [2.24, 2.45) is 5.92 Å². The number of carbonyl (C=O) groups excluding carboxylic acids is 1. The van der Waals surface area contributed by atoms with Crippen molar-refractivity contribution in [2.45, 2.75) is 39.3 Å². The van der Waals surface area contributed by atoms with Gasteiger partial charge in [-0.1, -0.05) is 12.1 Å². The Bertz CT molecular complexity index is 731. The zero-order valence-electron chi connectivity index (χ0n) is 16.0. The van der Waals surface area contributed by atoms with Crippen LogP contribution in [0.4, 0.5) is 4.79 Å². The zero-order valence-corrected chi connectivity index (χ0v) is 16.0. The molecule has 1 aliphatic rings. The van der Waals surface area contributed by atoms with E-state index in [-0.39, 0.29) is 12.1 Å². The van der Waals surface area contributed by atoms with E-state index in [1.807, 2.05) is 43.8 Å². The van der Waals surface area contributed by atoms with E-state index in [9.17, 15) is 4.79 Å². The molecule has 0 saturated carbocycles. The van der Waals surface area contributed by atoms with E-state index < -0.39 is 5.60 Å². The smallest absolute Gasteiger partial charge is 0.410 e. The average Bonchev–Trinajstić information content (AvgIpc) is 3.06. The van der Waals surface area contributed by atoms with Crippen LogP contribution in [0.2, 0.25) is 0 Å². The number of hydrogen-bond acceptors (Lipinski definition) is 4. The molecule has 1 amide bonds. The summed E-state index contributed by atoms with van der Waals surface area (Å²) in [6, 6.07) is 10.5. The van der Waals surface area contributed by atoms with Crippen molar-refractivity contribution in [2.75, 3.05) is 19.6 Å². The van der Waals surface area contributed by atoms with Crippen LogP contribution in [-0.4, -0.2) is 46.0 Å². The molecule has 1 saturated heterocycles. The van der Waals surface area contributed by atoms with Crippen LogP contribution in [0.1, 0.15) is 39.3 Å². The summed E-state index contributed by atoms with van der Waals surface area (Å²) in [7, 11) is 0. The minimum atomic E-state index is -0.436. The average molecular weight is 356 g/mol. The fraction of sp³-hybridized carbons (Fsp3) is 0.500. The molecule has 3 rings (SSSR count). The van der Waals surface area contributed by atoms with Crippen molar-refractivity contribution >= 4 is 6.09 Å². The number of hydrogen-bond donors (Lipinski definition) is 1. The molecule has 1 aromatic carbocycles. The van der Waals surface area contributed by atoms with E-state index in [0.29, 0.717) is 5.92 Å². The van der Waals surface area contributed by atoms with E-state index in [1.54, 1.807) is 11.1 Å². The summed E-state index contributed by atoms with van der Waals surface area (Å²) in [6.07, 6.45) is 3.51. The molecule has 6 nitrogen and oxygen atoms in total. The Labute approximate surface area is 155 Å². The minimum Gasteiger partial charge on any atom is -0.444 e. The highest BCUT2D eigenvalue weighted by molar-refractivity contribution is 5.69. The van der Waals surface area contributed by atoms with Crippen molar-refractivity contribution in [1.82, 2.24) is 20.0 Å². The van der Waals surface area contributed by atoms with Gasteiger partial charge in [-0.15, -0.1) is 0 Å². The highest BCUT2D eigenvalue weighted by Gasteiger charge is 2.33.